The fourth-order valence-corrected chi connectivity index (χ4v) is 3.17. The Labute approximate surface area is 129 Å². The average molecular weight is 283 g/mol. The number of hydrogen-bond acceptors (Lipinski definition) is 1. The minimum atomic E-state index is 0.579. The Hall–Kier alpha value is -1.34. The first-order valence-corrected chi connectivity index (χ1v) is 8.46. The molecule has 0 radical (unpaired) electrons. The molecular weight excluding hydrogens is 254 g/mol. The van der Waals surface area contributed by atoms with E-state index < -0.39 is 0 Å². The van der Waals surface area contributed by atoms with Gasteiger partial charge in [-0.25, -0.2) is 0 Å². The van der Waals surface area contributed by atoms with Crippen LogP contribution in [0.15, 0.2) is 42.5 Å². The minimum Gasteiger partial charge on any atom is -0.313 e. The van der Waals surface area contributed by atoms with E-state index in [9.17, 15) is 0 Å². The highest BCUT2D eigenvalue weighted by Crippen LogP contribution is 2.22. The number of hydrogen-bond donors (Lipinski definition) is 1. The molecule has 2 rings (SSSR count). The predicted octanol–water partition coefficient (Wildman–Crippen LogP) is 5.19. The standard InChI is InChI=1S/C20H29N/c1-4-9-16(3)20(21-14-5-2)15-18-12-8-11-17-10-6-7-13-19(17)18/h6-8,10-13,16,20-21H,4-5,9,14-15H2,1-3H3. The van der Waals surface area contributed by atoms with E-state index in [4.69, 9.17) is 0 Å². The molecule has 0 aliphatic rings. The molecule has 0 heterocycles. The largest absolute Gasteiger partial charge is 0.313 e. The molecule has 21 heavy (non-hydrogen) atoms. The molecule has 0 aliphatic heterocycles. The Morgan fingerprint density at radius 3 is 2.48 bits per heavy atom. The third-order valence-corrected chi connectivity index (χ3v) is 4.41. The Morgan fingerprint density at radius 2 is 1.71 bits per heavy atom. The fraction of sp³-hybridized carbons (Fsp3) is 0.500. The van der Waals surface area contributed by atoms with E-state index in [1.54, 1.807) is 0 Å². The zero-order chi connectivity index (χ0) is 15.1. The van der Waals surface area contributed by atoms with Crippen molar-refractivity contribution in [1.29, 1.82) is 0 Å². The van der Waals surface area contributed by atoms with Crippen LogP contribution in [0.2, 0.25) is 0 Å². The van der Waals surface area contributed by atoms with Crippen LogP contribution in [0.3, 0.4) is 0 Å². The molecule has 0 aliphatic carbocycles. The topological polar surface area (TPSA) is 12.0 Å². The van der Waals surface area contributed by atoms with Crippen LogP contribution in [0.1, 0.15) is 45.6 Å². The van der Waals surface area contributed by atoms with E-state index in [2.05, 4.69) is 68.6 Å². The van der Waals surface area contributed by atoms with E-state index in [1.807, 2.05) is 0 Å². The molecule has 1 nitrogen and oxygen atoms in total. The van der Waals surface area contributed by atoms with Gasteiger partial charge in [0.15, 0.2) is 0 Å². The highest BCUT2D eigenvalue weighted by Gasteiger charge is 2.17. The normalized spacial score (nSPS) is 14.2. The Kier molecular flexibility index (Phi) is 6.25. The summed E-state index contributed by atoms with van der Waals surface area (Å²) >= 11 is 0. The van der Waals surface area contributed by atoms with Crippen molar-refractivity contribution in [2.24, 2.45) is 5.92 Å². The number of nitrogens with one attached hydrogen (secondary N) is 1. The first kappa shape index (κ1) is 16.0. The lowest BCUT2D eigenvalue weighted by atomic mass is 9.89. The predicted molar refractivity (Wildman–Crippen MR) is 93.8 cm³/mol. The Morgan fingerprint density at radius 1 is 0.952 bits per heavy atom. The van der Waals surface area contributed by atoms with Crippen molar-refractivity contribution in [2.45, 2.75) is 52.5 Å². The van der Waals surface area contributed by atoms with Gasteiger partial charge in [-0.1, -0.05) is 69.7 Å². The van der Waals surface area contributed by atoms with Crippen LogP contribution >= 0.6 is 0 Å². The van der Waals surface area contributed by atoms with Crippen LogP contribution in [0.4, 0.5) is 0 Å². The second-order valence-corrected chi connectivity index (χ2v) is 6.17. The summed E-state index contributed by atoms with van der Waals surface area (Å²) < 4.78 is 0. The Balaban J connectivity index is 2.21. The van der Waals surface area contributed by atoms with Crippen molar-refractivity contribution in [3.63, 3.8) is 0 Å². The van der Waals surface area contributed by atoms with E-state index >= 15 is 0 Å². The monoisotopic (exact) mass is 283 g/mol. The van der Waals surface area contributed by atoms with E-state index in [0.717, 1.165) is 18.9 Å². The third kappa shape index (κ3) is 4.31. The summed E-state index contributed by atoms with van der Waals surface area (Å²) in [5, 5.41) is 6.53. The maximum Gasteiger partial charge on any atom is 0.0133 e. The van der Waals surface area contributed by atoms with Gasteiger partial charge < -0.3 is 5.32 Å². The van der Waals surface area contributed by atoms with Gasteiger partial charge in [-0.2, -0.15) is 0 Å². The molecule has 1 N–H and O–H groups in total. The van der Waals surface area contributed by atoms with E-state index in [-0.39, 0.29) is 0 Å². The summed E-state index contributed by atoms with van der Waals surface area (Å²) in [5.41, 5.74) is 1.48. The number of rotatable bonds is 8. The molecular formula is C20H29N. The second kappa shape index (κ2) is 8.19. The van der Waals surface area contributed by atoms with Crippen molar-refractivity contribution < 1.29 is 0 Å². The fourth-order valence-electron chi connectivity index (χ4n) is 3.17. The van der Waals surface area contributed by atoms with Gasteiger partial charge in [-0.05, 0) is 48.1 Å². The van der Waals surface area contributed by atoms with Gasteiger partial charge in [0, 0.05) is 6.04 Å². The number of fused-ring (bicyclic) bond motifs is 1. The molecule has 0 fully saturated rings. The van der Waals surface area contributed by atoms with Crippen LogP contribution < -0.4 is 5.32 Å². The molecule has 0 bridgehead atoms. The van der Waals surface area contributed by atoms with Gasteiger partial charge >= 0.3 is 0 Å². The summed E-state index contributed by atoms with van der Waals surface area (Å²) in [6.45, 7) is 8.03. The van der Waals surface area contributed by atoms with Gasteiger partial charge in [0.05, 0.1) is 0 Å². The molecule has 1 heteroatoms. The highest BCUT2D eigenvalue weighted by molar-refractivity contribution is 5.85. The van der Waals surface area contributed by atoms with Crippen LogP contribution in [0.25, 0.3) is 10.8 Å². The maximum absolute atomic E-state index is 3.77. The molecule has 0 saturated heterocycles. The molecule has 0 aromatic heterocycles. The SMILES string of the molecule is CCCNC(Cc1cccc2ccccc12)C(C)CCC. The average Bonchev–Trinajstić information content (AvgIpc) is 2.51. The first-order chi connectivity index (χ1) is 10.3. The van der Waals surface area contributed by atoms with Gasteiger partial charge in [-0.3, -0.25) is 0 Å². The quantitative estimate of drug-likeness (QED) is 0.703. The molecule has 2 aromatic rings. The molecule has 2 aromatic carbocycles. The van der Waals surface area contributed by atoms with Gasteiger partial charge in [0.25, 0.3) is 0 Å². The van der Waals surface area contributed by atoms with Gasteiger partial charge in [-0.15, -0.1) is 0 Å². The lowest BCUT2D eigenvalue weighted by Gasteiger charge is -2.26. The molecule has 2 unspecified atom stereocenters. The number of benzene rings is 2. The van der Waals surface area contributed by atoms with Crippen LogP contribution in [0, 0.1) is 5.92 Å². The summed E-state index contributed by atoms with van der Waals surface area (Å²) in [6.07, 6.45) is 4.89. The zero-order valence-corrected chi connectivity index (χ0v) is 13.7. The zero-order valence-electron chi connectivity index (χ0n) is 13.7. The molecule has 0 saturated carbocycles. The van der Waals surface area contributed by atoms with Crippen LogP contribution in [-0.4, -0.2) is 12.6 Å². The van der Waals surface area contributed by atoms with Crippen molar-refractivity contribution in [2.75, 3.05) is 6.54 Å². The van der Waals surface area contributed by atoms with Crippen LogP contribution in [-0.2, 0) is 6.42 Å². The lowest BCUT2D eigenvalue weighted by Crippen LogP contribution is -2.37. The van der Waals surface area contributed by atoms with Gasteiger partial charge in [0.2, 0.25) is 0 Å². The summed E-state index contributed by atoms with van der Waals surface area (Å²) in [4.78, 5) is 0. The molecule has 0 spiro atoms. The van der Waals surface area contributed by atoms with Gasteiger partial charge in [0.1, 0.15) is 0 Å². The molecule has 114 valence electrons. The summed E-state index contributed by atoms with van der Waals surface area (Å²) in [6, 6.07) is 16.0. The van der Waals surface area contributed by atoms with E-state index in [1.165, 1.54) is 35.6 Å². The lowest BCUT2D eigenvalue weighted by molar-refractivity contribution is 0.353. The Bertz CT molecular complexity index is 541. The maximum atomic E-state index is 3.77. The summed E-state index contributed by atoms with van der Waals surface area (Å²) in [5.74, 6) is 0.723. The minimum absolute atomic E-state index is 0.579. The van der Waals surface area contributed by atoms with Crippen molar-refractivity contribution in [3.05, 3.63) is 48.0 Å². The van der Waals surface area contributed by atoms with E-state index in [0.29, 0.717) is 6.04 Å². The third-order valence-electron chi connectivity index (χ3n) is 4.41. The van der Waals surface area contributed by atoms with Crippen molar-refractivity contribution in [3.8, 4) is 0 Å². The van der Waals surface area contributed by atoms with Crippen molar-refractivity contribution >= 4 is 10.8 Å². The molecule has 0 amide bonds. The first-order valence-electron chi connectivity index (χ1n) is 8.46. The second-order valence-electron chi connectivity index (χ2n) is 6.17. The highest BCUT2D eigenvalue weighted by atomic mass is 14.9. The summed E-state index contributed by atoms with van der Waals surface area (Å²) in [7, 11) is 0. The smallest absolute Gasteiger partial charge is 0.0133 e. The van der Waals surface area contributed by atoms with Crippen molar-refractivity contribution in [1.82, 2.24) is 5.32 Å². The molecule has 2 atom stereocenters. The van der Waals surface area contributed by atoms with Crippen LogP contribution in [0.5, 0.6) is 0 Å².